The Morgan fingerprint density at radius 2 is 1.95 bits per heavy atom. The van der Waals surface area contributed by atoms with Crippen molar-refractivity contribution in [2.45, 2.75) is 24.8 Å². The third kappa shape index (κ3) is 3.82. The molecule has 0 saturated carbocycles. The van der Waals surface area contributed by atoms with E-state index in [2.05, 4.69) is 22.1 Å². The Hall–Kier alpha value is -1.86. The lowest BCUT2D eigenvalue weighted by atomic mass is 10.3. The zero-order valence-corrected chi connectivity index (χ0v) is 12.0. The zero-order valence-electron chi connectivity index (χ0n) is 11.2. The second kappa shape index (κ2) is 6.53. The van der Waals surface area contributed by atoms with Crippen LogP contribution in [-0.4, -0.2) is 20.1 Å². The lowest BCUT2D eigenvalue weighted by Gasteiger charge is -2.07. The first-order valence-electron chi connectivity index (χ1n) is 6.35. The number of rotatable bonds is 7. The van der Waals surface area contributed by atoms with E-state index in [0.29, 0.717) is 5.76 Å². The van der Waals surface area contributed by atoms with Crippen LogP contribution in [-0.2, 0) is 16.6 Å². The summed E-state index contributed by atoms with van der Waals surface area (Å²) in [5.74, 6) is 0.467. The van der Waals surface area contributed by atoms with E-state index in [1.54, 1.807) is 30.3 Å². The van der Waals surface area contributed by atoms with Crippen molar-refractivity contribution in [2.75, 3.05) is 11.9 Å². The quantitative estimate of drug-likeness (QED) is 0.816. The predicted octanol–water partition coefficient (Wildman–Crippen LogP) is 1.97. The van der Waals surface area contributed by atoms with Crippen molar-refractivity contribution in [2.24, 2.45) is 0 Å². The summed E-state index contributed by atoms with van der Waals surface area (Å²) in [6.45, 7) is 3.01. The first-order chi connectivity index (χ1) is 9.62. The van der Waals surface area contributed by atoms with Crippen LogP contribution in [0.5, 0.6) is 0 Å². The second-order valence-corrected chi connectivity index (χ2v) is 6.02. The summed E-state index contributed by atoms with van der Waals surface area (Å²) in [4.78, 5) is 0.221. The number of hydrogen-bond donors (Lipinski definition) is 2. The van der Waals surface area contributed by atoms with Gasteiger partial charge in [0.05, 0.1) is 17.6 Å². The van der Waals surface area contributed by atoms with Crippen LogP contribution in [0.25, 0.3) is 0 Å². The number of benzene rings is 1. The fraction of sp³-hybridized carbons (Fsp3) is 0.308. The molecule has 2 rings (SSSR count). The van der Waals surface area contributed by atoms with Crippen molar-refractivity contribution < 1.29 is 12.9 Å². The van der Waals surface area contributed by atoms with Crippen LogP contribution in [0.3, 0.4) is 0 Å². The van der Waals surface area contributed by atoms with Gasteiger partial charge in [-0.3, -0.25) is 0 Å². The van der Waals surface area contributed by atoms with Crippen LogP contribution in [0.4, 0.5) is 5.69 Å². The normalized spacial score (nSPS) is 11.4. The summed E-state index contributed by atoms with van der Waals surface area (Å²) in [6.07, 6.45) is 2.48. The Balaban J connectivity index is 2.01. The summed E-state index contributed by atoms with van der Waals surface area (Å²) >= 11 is 0. The molecule has 108 valence electrons. The molecule has 0 aliphatic carbocycles. The van der Waals surface area contributed by atoms with Gasteiger partial charge in [0, 0.05) is 18.3 Å². The van der Waals surface area contributed by atoms with Crippen LogP contribution in [0.2, 0.25) is 0 Å². The summed E-state index contributed by atoms with van der Waals surface area (Å²) in [7, 11) is -3.54. The molecule has 0 unspecified atom stereocenters. The summed E-state index contributed by atoms with van der Waals surface area (Å²) in [5.41, 5.74) is 0.904. The number of anilines is 1. The van der Waals surface area contributed by atoms with Gasteiger partial charge in [-0.2, -0.15) is 0 Å². The van der Waals surface area contributed by atoms with Gasteiger partial charge >= 0.3 is 0 Å². The van der Waals surface area contributed by atoms with E-state index in [9.17, 15) is 8.42 Å². The summed E-state index contributed by atoms with van der Waals surface area (Å²) in [6, 6.07) is 8.25. The van der Waals surface area contributed by atoms with Crippen molar-refractivity contribution in [1.29, 1.82) is 0 Å². The molecule has 0 saturated heterocycles. The lowest BCUT2D eigenvalue weighted by Crippen LogP contribution is -2.23. The lowest BCUT2D eigenvalue weighted by molar-refractivity contribution is 0.380. The molecule has 2 N–H and O–H groups in total. The summed E-state index contributed by atoms with van der Waals surface area (Å²) < 4.78 is 31.4. The highest BCUT2D eigenvalue weighted by Crippen LogP contribution is 2.14. The third-order valence-electron chi connectivity index (χ3n) is 2.67. The minimum Gasteiger partial charge on any atom is -0.385 e. The van der Waals surface area contributed by atoms with Gasteiger partial charge < -0.3 is 9.84 Å². The Kier molecular flexibility index (Phi) is 4.75. The number of aromatic nitrogens is 1. The van der Waals surface area contributed by atoms with E-state index < -0.39 is 10.0 Å². The maximum Gasteiger partial charge on any atom is 0.240 e. The molecule has 0 atom stereocenters. The first kappa shape index (κ1) is 14.5. The van der Waals surface area contributed by atoms with Crippen molar-refractivity contribution >= 4 is 15.7 Å². The van der Waals surface area contributed by atoms with E-state index in [-0.39, 0.29) is 11.4 Å². The standard InChI is InChI=1S/C13H17N3O3S/c1-2-8-14-11-3-5-13(6-4-11)20(17,18)16-10-12-7-9-15-19-12/h3-7,9,14,16H,2,8,10H2,1H3. The van der Waals surface area contributed by atoms with Crippen LogP contribution >= 0.6 is 0 Å². The maximum atomic E-state index is 12.1. The summed E-state index contributed by atoms with van der Waals surface area (Å²) in [5, 5.41) is 6.71. The predicted molar refractivity (Wildman–Crippen MR) is 75.8 cm³/mol. The molecule has 0 radical (unpaired) electrons. The van der Waals surface area contributed by atoms with Crippen molar-refractivity contribution in [3.8, 4) is 0 Å². The maximum absolute atomic E-state index is 12.1. The first-order valence-corrected chi connectivity index (χ1v) is 7.83. The van der Waals surface area contributed by atoms with Crippen molar-refractivity contribution in [3.63, 3.8) is 0 Å². The molecule has 2 aromatic rings. The highest BCUT2D eigenvalue weighted by atomic mass is 32.2. The largest absolute Gasteiger partial charge is 0.385 e. The smallest absolute Gasteiger partial charge is 0.240 e. The Morgan fingerprint density at radius 3 is 2.55 bits per heavy atom. The van der Waals surface area contributed by atoms with E-state index >= 15 is 0 Å². The third-order valence-corrected chi connectivity index (χ3v) is 4.09. The number of nitrogens with one attached hydrogen (secondary N) is 2. The van der Waals surface area contributed by atoms with Crippen LogP contribution in [0, 0.1) is 0 Å². The Labute approximate surface area is 118 Å². The van der Waals surface area contributed by atoms with E-state index in [1.807, 2.05) is 0 Å². The van der Waals surface area contributed by atoms with Gasteiger partial charge in [0.25, 0.3) is 0 Å². The molecule has 0 spiro atoms. The Morgan fingerprint density at radius 1 is 1.20 bits per heavy atom. The van der Waals surface area contributed by atoms with Crippen LogP contribution in [0.1, 0.15) is 19.1 Å². The molecule has 20 heavy (non-hydrogen) atoms. The van der Waals surface area contributed by atoms with Gasteiger partial charge in [-0.05, 0) is 30.7 Å². The molecule has 0 bridgehead atoms. The SMILES string of the molecule is CCCNc1ccc(S(=O)(=O)NCc2ccno2)cc1. The average molecular weight is 295 g/mol. The van der Waals surface area contributed by atoms with Gasteiger partial charge in [-0.1, -0.05) is 12.1 Å². The Bertz CT molecular complexity index is 621. The molecular weight excluding hydrogens is 278 g/mol. The van der Waals surface area contributed by atoms with E-state index in [4.69, 9.17) is 4.52 Å². The molecule has 0 aliphatic heterocycles. The van der Waals surface area contributed by atoms with Gasteiger partial charge in [-0.25, -0.2) is 13.1 Å². The molecule has 6 nitrogen and oxygen atoms in total. The average Bonchev–Trinajstić information content (AvgIpc) is 2.97. The van der Waals surface area contributed by atoms with Crippen LogP contribution in [0.15, 0.2) is 45.9 Å². The molecule has 0 aliphatic rings. The highest BCUT2D eigenvalue weighted by Gasteiger charge is 2.14. The van der Waals surface area contributed by atoms with Gasteiger partial charge in [0.2, 0.25) is 10.0 Å². The fourth-order valence-electron chi connectivity index (χ4n) is 1.60. The molecule has 1 aromatic carbocycles. The molecule has 1 heterocycles. The topological polar surface area (TPSA) is 84.2 Å². The molecule has 1 aromatic heterocycles. The number of sulfonamides is 1. The van der Waals surface area contributed by atoms with E-state index in [1.165, 1.54) is 6.20 Å². The van der Waals surface area contributed by atoms with E-state index in [0.717, 1.165) is 18.7 Å². The van der Waals surface area contributed by atoms with Crippen LogP contribution < -0.4 is 10.0 Å². The molecule has 7 heteroatoms. The molecule has 0 fully saturated rings. The number of hydrogen-bond acceptors (Lipinski definition) is 5. The van der Waals surface area contributed by atoms with Gasteiger partial charge in [-0.15, -0.1) is 0 Å². The number of nitrogens with zero attached hydrogens (tertiary/aromatic N) is 1. The van der Waals surface area contributed by atoms with Gasteiger partial charge in [0.1, 0.15) is 0 Å². The fourth-order valence-corrected chi connectivity index (χ4v) is 2.60. The monoisotopic (exact) mass is 295 g/mol. The van der Waals surface area contributed by atoms with Crippen molar-refractivity contribution in [1.82, 2.24) is 9.88 Å². The van der Waals surface area contributed by atoms with Gasteiger partial charge in [0.15, 0.2) is 5.76 Å². The molecular formula is C13H17N3O3S. The second-order valence-electron chi connectivity index (χ2n) is 4.25. The minimum absolute atomic E-state index is 0.0815. The minimum atomic E-state index is -3.54. The zero-order chi connectivity index (χ0) is 14.4. The van der Waals surface area contributed by atoms with Crippen molar-refractivity contribution in [3.05, 3.63) is 42.3 Å². The molecule has 0 amide bonds. The highest BCUT2D eigenvalue weighted by molar-refractivity contribution is 7.89.